The van der Waals surface area contributed by atoms with Gasteiger partial charge < -0.3 is 10.4 Å². The lowest BCUT2D eigenvalue weighted by Gasteiger charge is -2.63. The summed E-state index contributed by atoms with van der Waals surface area (Å²) in [5.41, 5.74) is 2.50. The van der Waals surface area contributed by atoms with Gasteiger partial charge in [-0.05, 0) is 104 Å². The third kappa shape index (κ3) is 3.09. The molecule has 162 valence electrons. The lowest BCUT2D eigenvalue weighted by Crippen LogP contribution is -2.56. The Morgan fingerprint density at radius 1 is 1.21 bits per heavy atom. The van der Waals surface area contributed by atoms with E-state index in [1.54, 1.807) is 5.57 Å². The molecule has 4 fully saturated rings. The van der Waals surface area contributed by atoms with Gasteiger partial charge in [-0.15, -0.1) is 0 Å². The molecule has 2 N–H and O–H groups in total. The minimum atomic E-state index is 0.307. The SMILES string of the molecule is C[C@]12CCC(=O)CC1C[C@@H](CCO)[C@@H]1[C@@H]2CC[C@]2(C)C(C3CCCNC3)=CC[C@@H]12. The summed E-state index contributed by atoms with van der Waals surface area (Å²) < 4.78 is 0. The van der Waals surface area contributed by atoms with Gasteiger partial charge in [-0.2, -0.15) is 0 Å². The largest absolute Gasteiger partial charge is 0.396 e. The molecule has 0 spiro atoms. The zero-order valence-corrected chi connectivity index (χ0v) is 18.6. The Labute approximate surface area is 177 Å². The van der Waals surface area contributed by atoms with Crippen molar-refractivity contribution in [3.63, 3.8) is 0 Å². The Bertz CT molecular complexity index is 680. The third-order valence-corrected chi connectivity index (χ3v) is 10.5. The molecule has 0 aromatic heterocycles. The van der Waals surface area contributed by atoms with E-state index in [4.69, 9.17) is 0 Å². The zero-order chi connectivity index (χ0) is 20.2. The second-order valence-corrected chi connectivity index (χ2v) is 11.6. The van der Waals surface area contributed by atoms with Crippen molar-refractivity contribution in [3.05, 3.63) is 11.6 Å². The van der Waals surface area contributed by atoms with Crippen LogP contribution in [0.15, 0.2) is 11.6 Å². The molecule has 1 aliphatic heterocycles. The van der Waals surface area contributed by atoms with E-state index >= 15 is 0 Å². The van der Waals surface area contributed by atoms with Gasteiger partial charge in [0, 0.05) is 26.0 Å². The van der Waals surface area contributed by atoms with Crippen LogP contribution >= 0.6 is 0 Å². The first kappa shape index (κ1) is 20.2. The molecule has 5 aliphatic rings. The summed E-state index contributed by atoms with van der Waals surface area (Å²) in [6, 6.07) is 0. The summed E-state index contributed by atoms with van der Waals surface area (Å²) in [6.07, 6.45) is 14.1. The Hall–Kier alpha value is -0.670. The van der Waals surface area contributed by atoms with Gasteiger partial charge >= 0.3 is 0 Å². The van der Waals surface area contributed by atoms with Crippen LogP contribution in [-0.4, -0.2) is 30.6 Å². The molecule has 1 saturated heterocycles. The number of piperidine rings is 1. The van der Waals surface area contributed by atoms with E-state index in [0.29, 0.717) is 35.1 Å². The van der Waals surface area contributed by atoms with E-state index in [2.05, 4.69) is 25.2 Å². The van der Waals surface area contributed by atoms with Crippen LogP contribution in [0.3, 0.4) is 0 Å². The van der Waals surface area contributed by atoms with Crippen LogP contribution < -0.4 is 5.32 Å². The molecule has 0 aromatic carbocycles. The van der Waals surface area contributed by atoms with Crippen molar-refractivity contribution in [2.45, 2.75) is 78.1 Å². The number of nitrogens with one attached hydrogen (secondary N) is 1. The van der Waals surface area contributed by atoms with Gasteiger partial charge in [0.05, 0.1) is 0 Å². The lowest BCUT2D eigenvalue weighted by atomic mass is 9.42. The van der Waals surface area contributed by atoms with E-state index in [0.717, 1.165) is 49.4 Å². The monoisotopic (exact) mass is 399 g/mol. The van der Waals surface area contributed by atoms with Crippen molar-refractivity contribution in [2.24, 2.45) is 46.3 Å². The maximum absolute atomic E-state index is 12.3. The number of hydrogen-bond donors (Lipinski definition) is 2. The Morgan fingerprint density at radius 2 is 2.07 bits per heavy atom. The summed E-state index contributed by atoms with van der Waals surface area (Å²) in [6.45, 7) is 7.79. The van der Waals surface area contributed by atoms with E-state index < -0.39 is 0 Å². The van der Waals surface area contributed by atoms with Crippen LogP contribution in [0.5, 0.6) is 0 Å². The first-order chi connectivity index (χ1) is 14.0. The van der Waals surface area contributed by atoms with Gasteiger partial charge in [-0.3, -0.25) is 4.79 Å². The van der Waals surface area contributed by atoms with Crippen LogP contribution in [0.4, 0.5) is 0 Å². The van der Waals surface area contributed by atoms with Crippen LogP contribution in [0, 0.1) is 46.3 Å². The van der Waals surface area contributed by atoms with Gasteiger partial charge in [0.2, 0.25) is 0 Å². The third-order valence-electron chi connectivity index (χ3n) is 10.5. The summed E-state index contributed by atoms with van der Waals surface area (Å²) in [5, 5.41) is 13.5. The number of fused-ring (bicyclic) bond motifs is 5. The Balaban J connectivity index is 1.45. The first-order valence-electron chi connectivity index (χ1n) is 12.5. The highest BCUT2D eigenvalue weighted by molar-refractivity contribution is 5.79. The van der Waals surface area contributed by atoms with Crippen LogP contribution in [-0.2, 0) is 4.79 Å². The van der Waals surface area contributed by atoms with Crippen molar-refractivity contribution in [1.82, 2.24) is 5.32 Å². The predicted octanol–water partition coefficient (Wildman–Crippen LogP) is 4.74. The second kappa shape index (κ2) is 7.48. The second-order valence-electron chi connectivity index (χ2n) is 11.6. The molecule has 4 aliphatic carbocycles. The number of aliphatic hydroxyl groups is 1. The molecular formula is C26H41NO2. The average molecular weight is 400 g/mol. The van der Waals surface area contributed by atoms with Crippen molar-refractivity contribution in [2.75, 3.05) is 19.7 Å². The molecule has 3 saturated carbocycles. The summed E-state index contributed by atoms with van der Waals surface area (Å²) in [5.74, 6) is 4.64. The summed E-state index contributed by atoms with van der Waals surface area (Å²) >= 11 is 0. The topological polar surface area (TPSA) is 49.3 Å². The predicted molar refractivity (Wildman–Crippen MR) is 116 cm³/mol. The van der Waals surface area contributed by atoms with Crippen LogP contribution in [0.25, 0.3) is 0 Å². The highest BCUT2D eigenvalue weighted by Gasteiger charge is 2.61. The van der Waals surface area contributed by atoms with Crippen molar-refractivity contribution in [3.8, 4) is 0 Å². The lowest BCUT2D eigenvalue weighted by molar-refractivity contribution is -0.148. The molecule has 0 aromatic rings. The standard InChI is InChI=1S/C26H41NO2/c1-25-10-7-20(29)15-19(25)14-17(9-13-28)24-22-6-5-21(18-4-3-12-27-16-18)26(22,2)11-8-23(24)25/h5,17-19,22-24,27-28H,3-4,6-16H2,1-2H3/t17-,18?,19?,22+,23+,24+,25+,26-/m1/s1. The number of Topliss-reactive ketones (excluding diaryl/α,β-unsaturated/α-hetero) is 1. The van der Waals surface area contributed by atoms with Crippen molar-refractivity contribution < 1.29 is 9.90 Å². The Kier molecular flexibility index (Phi) is 5.22. The number of rotatable bonds is 3. The summed E-state index contributed by atoms with van der Waals surface area (Å²) in [7, 11) is 0. The fourth-order valence-electron chi connectivity index (χ4n) is 9.04. The summed E-state index contributed by atoms with van der Waals surface area (Å²) in [4.78, 5) is 12.3. The van der Waals surface area contributed by atoms with Crippen LogP contribution in [0.1, 0.15) is 78.1 Å². The number of allylic oxidation sites excluding steroid dienone is 1. The van der Waals surface area contributed by atoms with Gasteiger partial charge in [0.1, 0.15) is 5.78 Å². The molecule has 3 nitrogen and oxygen atoms in total. The van der Waals surface area contributed by atoms with Crippen LogP contribution in [0.2, 0.25) is 0 Å². The molecule has 3 heteroatoms. The molecule has 2 unspecified atom stereocenters. The zero-order valence-electron chi connectivity index (χ0n) is 18.6. The minimum absolute atomic E-state index is 0.307. The normalized spacial score (nSPS) is 49.8. The number of ketones is 1. The molecule has 29 heavy (non-hydrogen) atoms. The molecule has 1 heterocycles. The number of hydrogen-bond acceptors (Lipinski definition) is 3. The number of carbonyl (C=O) groups excluding carboxylic acids is 1. The van der Waals surface area contributed by atoms with Crippen molar-refractivity contribution >= 4 is 5.78 Å². The van der Waals surface area contributed by atoms with Gasteiger partial charge in [0.15, 0.2) is 0 Å². The van der Waals surface area contributed by atoms with Gasteiger partial charge in [-0.1, -0.05) is 25.5 Å². The quantitative estimate of drug-likeness (QED) is 0.674. The van der Waals surface area contributed by atoms with E-state index in [9.17, 15) is 9.90 Å². The average Bonchev–Trinajstić information content (AvgIpc) is 3.07. The van der Waals surface area contributed by atoms with Crippen molar-refractivity contribution in [1.29, 1.82) is 0 Å². The maximum Gasteiger partial charge on any atom is 0.133 e. The minimum Gasteiger partial charge on any atom is -0.396 e. The fraction of sp³-hybridized carbons (Fsp3) is 0.885. The number of carbonyl (C=O) groups is 1. The smallest absolute Gasteiger partial charge is 0.133 e. The highest BCUT2D eigenvalue weighted by atomic mass is 16.3. The van der Waals surface area contributed by atoms with Gasteiger partial charge in [-0.25, -0.2) is 0 Å². The van der Waals surface area contributed by atoms with Gasteiger partial charge in [0.25, 0.3) is 0 Å². The molecule has 8 atom stereocenters. The molecule has 0 radical (unpaired) electrons. The van der Waals surface area contributed by atoms with E-state index in [1.807, 2.05) is 0 Å². The molecular weight excluding hydrogens is 358 g/mol. The highest BCUT2D eigenvalue weighted by Crippen LogP contribution is 2.68. The maximum atomic E-state index is 12.3. The van der Waals surface area contributed by atoms with E-state index in [1.165, 1.54) is 51.6 Å². The molecule has 0 bridgehead atoms. The molecule has 5 rings (SSSR count). The fourth-order valence-corrected chi connectivity index (χ4v) is 9.04. The van der Waals surface area contributed by atoms with E-state index in [-0.39, 0.29) is 0 Å². The first-order valence-corrected chi connectivity index (χ1v) is 12.5. The number of aliphatic hydroxyl groups excluding tert-OH is 1. The Morgan fingerprint density at radius 3 is 2.83 bits per heavy atom. The molecule has 0 amide bonds.